The van der Waals surface area contributed by atoms with Crippen LogP contribution in [0.15, 0.2) is 5.16 Å². The van der Waals surface area contributed by atoms with E-state index in [0.717, 1.165) is 6.42 Å². The lowest BCUT2D eigenvalue weighted by Crippen LogP contribution is -2.09. The van der Waals surface area contributed by atoms with Crippen molar-refractivity contribution in [3.05, 3.63) is 5.82 Å². The molecule has 0 aliphatic heterocycles. The van der Waals surface area contributed by atoms with Crippen molar-refractivity contribution >= 4 is 10.2 Å². The lowest BCUT2D eigenvalue weighted by atomic mass is 10.3. The van der Waals surface area contributed by atoms with Gasteiger partial charge >= 0.3 is 10.2 Å². The molecule has 86 valence electrons. The molecule has 0 amide bonds. The highest BCUT2D eigenvalue weighted by atomic mass is 32.3. The van der Waals surface area contributed by atoms with Gasteiger partial charge in [0.2, 0.25) is 0 Å². The summed E-state index contributed by atoms with van der Waals surface area (Å²) < 4.78 is 35.7. The number of hydrogen-bond donors (Lipinski definition) is 0. The predicted molar refractivity (Wildman–Crippen MR) is 52.6 cm³/mol. The van der Waals surface area contributed by atoms with Crippen LogP contribution in [0.4, 0.5) is 3.89 Å². The van der Waals surface area contributed by atoms with E-state index in [0.29, 0.717) is 25.2 Å². The zero-order valence-electron chi connectivity index (χ0n) is 8.77. The van der Waals surface area contributed by atoms with E-state index >= 15 is 0 Å². The van der Waals surface area contributed by atoms with E-state index < -0.39 is 15.4 Å². The Morgan fingerprint density at radius 3 is 2.40 bits per heavy atom. The van der Waals surface area contributed by atoms with Gasteiger partial charge in [-0.25, -0.2) is 0 Å². The van der Waals surface area contributed by atoms with E-state index in [4.69, 9.17) is 0 Å². The maximum atomic E-state index is 12.8. The Morgan fingerprint density at radius 1 is 1.27 bits per heavy atom. The number of rotatable bonds is 5. The molecule has 1 rings (SSSR count). The van der Waals surface area contributed by atoms with Crippen molar-refractivity contribution in [3.8, 4) is 0 Å². The van der Waals surface area contributed by atoms with Crippen molar-refractivity contribution in [1.29, 1.82) is 0 Å². The lowest BCUT2D eigenvalue weighted by Gasteiger charge is -2.05. The van der Waals surface area contributed by atoms with E-state index in [1.807, 2.05) is 13.8 Å². The molecule has 0 radical (unpaired) electrons. The molecule has 0 unspecified atom stereocenters. The summed E-state index contributed by atoms with van der Waals surface area (Å²) in [4.78, 5) is 0. The fraction of sp³-hybridized carbons (Fsp3) is 0.750. The monoisotopic (exact) mass is 235 g/mol. The van der Waals surface area contributed by atoms with Crippen LogP contribution in [0.1, 0.15) is 32.5 Å². The topological polar surface area (TPSA) is 64.8 Å². The quantitative estimate of drug-likeness (QED) is 0.721. The molecule has 0 bridgehead atoms. The van der Waals surface area contributed by atoms with Crippen molar-refractivity contribution in [2.45, 2.75) is 44.8 Å². The average molecular weight is 235 g/mol. The number of nitrogens with zero attached hydrogens (tertiary/aromatic N) is 3. The van der Waals surface area contributed by atoms with Crippen LogP contribution in [-0.2, 0) is 23.2 Å². The maximum absolute atomic E-state index is 12.8. The van der Waals surface area contributed by atoms with Crippen LogP contribution >= 0.6 is 0 Å². The fourth-order valence-electron chi connectivity index (χ4n) is 1.36. The Bertz CT molecular complexity index is 427. The van der Waals surface area contributed by atoms with E-state index in [1.165, 1.54) is 4.57 Å². The van der Waals surface area contributed by atoms with Gasteiger partial charge in [-0.3, -0.25) is 4.57 Å². The van der Waals surface area contributed by atoms with Gasteiger partial charge < -0.3 is 0 Å². The van der Waals surface area contributed by atoms with Crippen molar-refractivity contribution in [3.63, 3.8) is 0 Å². The Labute approximate surface area is 88.5 Å². The minimum absolute atomic E-state index is 0.417. The molecule has 1 aromatic heterocycles. The zero-order chi connectivity index (χ0) is 11.5. The third-order valence-corrected chi connectivity index (χ3v) is 2.67. The van der Waals surface area contributed by atoms with Crippen LogP contribution in [0.5, 0.6) is 0 Å². The molecule has 0 aromatic carbocycles. The smallest absolute Gasteiger partial charge is 0.300 e. The zero-order valence-corrected chi connectivity index (χ0v) is 9.59. The minimum atomic E-state index is -4.76. The van der Waals surface area contributed by atoms with Gasteiger partial charge in [-0.1, -0.05) is 17.7 Å². The molecule has 0 saturated heterocycles. The van der Waals surface area contributed by atoms with Crippen molar-refractivity contribution < 1.29 is 12.3 Å². The summed E-state index contributed by atoms with van der Waals surface area (Å²) >= 11 is 0. The highest BCUT2D eigenvalue weighted by Crippen LogP contribution is 2.13. The SMILES string of the molecule is CCCc1nnc(S(=O)(=O)F)n1CCC. The van der Waals surface area contributed by atoms with Gasteiger partial charge in [-0.2, -0.15) is 8.42 Å². The third kappa shape index (κ3) is 2.74. The maximum Gasteiger partial charge on any atom is 0.368 e. The molecule has 1 aromatic rings. The Balaban J connectivity index is 3.17. The second kappa shape index (κ2) is 4.69. The standard InChI is InChI=1S/C8H14FN3O2S/c1-3-5-7-10-11-8(15(9,13)14)12(7)6-4-2/h3-6H2,1-2H3. The van der Waals surface area contributed by atoms with Crippen LogP contribution in [0.25, 0.3) is 0 Å². The molecule has 0 aliphatic carbocycles. The number of aryl methyl sites for hydroxylation is 1. The molecule has 1 heterocycles. The first kappa shape index (κ1) is 12.1. The molecule has 0 saturated carbocycles. The van der Waals surface area contributed by atoms with Crippen LogP contribution in [-0.4, -0.2) is 23.2 Å². The van der Waals surface area contributed by atoms with Gasteiger partial charge in [0, 0.05) is 13.0 Å². The summed E-state index contributed by atoms with van der Waals surface area (Å²) in [6.45, 7) is 4.24. The summed E-state index contributed by atoms with van der Waals surface area (Å²) in [6, 6.07) is 0. The number of halogens is 1. The molecule has 0 fully saturated rings. The third-order valence-electron chi connectivity index (χ3n) is 1.93. The first-order chi connectivity index (χ1) is 7.00. The Morgan fingerprint density at radius 2 is 1.93 bits per heavy atom. The second-order valence-corrected chi connectivity index (χ2v) is 4.48. The molecule has 7 heteroatoms. The van der Waals surface area contributed by atoms with Crippen LogP contribution in [0, 0.1) is 0 Å². The first-order valence-electron chi connectivity index (χ1n) is 4.87. The van der Waals surface area contributed by atoms with E-state index in [2.05, 4.69) is 10.2 Å². The second-order valence-electron chi connectivity index (χ2n) is 3.24. The Hall–Kier alpha value is -0.980. The number of hydrogen-bond acceptors (Lipinski definition) is 4. The minimum Gasteiger partial charge on any atom is -0.300 e. The molecule has 0 aliphatic rings. The highest BCUT2D eigenvalue weighted by Gasteiger charge is 2.23. The summed E-state index contributed by atoms with van der Waals surface area (Å²) in [7, 11) is -4.76. The summed E-state index contributed by atoms with van der Waals surface area (Å²) in [5, 5.41) is 6.48. The highest BCUT2D eigenvalue weighted by molar-refractivity contribution is 7.86. The largest absolute Gasteiger partial charge is 0.368 e. The van der Waals surface area contributed by atoms with Gasteiger partial charge in [-0.15, -0.1) is 10.2 Å². The van der Waals surface area contributed by atoms with E-state index in [1.54, 1.807) is 0 Å². The van der Waals surface area contributed by atoms with Gasteiger partial charge in [0.15, 0.2) is 0 Å². The lowest BCUT2D eigenvalue weighted by molar-refractivity contribution is 0.513. The first-order valence-corrected chi connectivity index (χ1v) is 6.25. The average Bonchev–Trinajstić information content (AvgIpc) is 2.49. The van der Waals surface area contributed by atoms with Gasteiger partial charge in [0.25, 0.3) is 5.16 Å². The normalized spacial score (nSPS) is 11.9. The molecule has 0 atom stereocenters. The van der Waals surface area contributed by atoms with Crippen molar-refractivity contribution in [2.24, 2.45) is 0 Å². The van der Waals surface area contributed by atoms with Crippen molar-refractivity contribution in [1.82, 2.24) is 14.8 Å². The molecule has 15 heavy (non-hydrogen) atoms. The molecule has 0 N–H and O–H groups in total. The van der Waals surface area contributed by atoms with Crippen LogP contribution in [0.3, 0.4) is 0 Å². The molecular formula is C8H14FN3O2S. The number of aromatic nitrogens is 3. The predicted octanol–water partition coefficient (Wildman–Crippen LogP) is 1.30. The van der Waals surface area contributed by atoms with Gasteiger partial charge in [0.1, 0.15) is 5.82 Å². The molecular weight excluding hydrogens is 221 g/mol. The van der Waals surface area contributed by atoms with Gasteiger partial charge in [-0.05, 0) is 12.8 Å². The van der Waals surface area contributed by atoms with Crippen LogP contribution < -0.4 is 0 Å². The summed E-state index contributed by atoms with van der Waals surface area (Å²) in [5.41, 5.74) is 0. The molecule has 5 nitrogen and oxygen atoms in total. The van der Waals surface area contributed by atoms with Crippen LogP contribution in [0.2, 0.25) is 0 Å². The Kier molecular flexibility index (Phi) is 3.78. The van der Waals surface area contributed by atoms with E-state index in [-0.39, 0.29) is 0 Å². The summed E-state index contributed by atoms with van der Waals surface area (Å²) in [6.07, 6.45) is 2.12. The molecule has 0 spiro atoms. The fourth-order valence-corrected chi connectivity index (χ4v) is 1.95. The van der Waals surface area contributed by atoms with E-state index in [9.17, 15) is 12.3 Å². The van der Waals surface area contributed by atoms with Crippen molar-refractivity contribution in [2.75, 3.05) is 0 Å². The summed E-state index contributed by atoms with van der Waals surface area (Å²) in [5.74, 6) is 0.524. The van der Waals surface area contributed by atoms with Gasteiger partial charge in [0.05, 0.1) is 0 Å².